The summed E-state index contributed by atoms with van der Waals surface area (Å²) in [6.45, 7) is 0.355. The van der Waals surface area contributed by atoms with Gasteiger partial charge in [-0.3, -0.25) is 0 Å². The first kappa shape index (κ1) is 11.1. The summed E-state index contributed by atoms with van der Waals surface area (Å²) in [5.41, 5.74) is 15.3. The highest BCUT2D eigenvalue weighted by molar-refractivity contribution is 6.40. The molecule has 1 aromatic rings. The maximum Gasteiger partial charge on any atom is 0.422 e. The van der Waals surface area contributed by atoms with Crippen LogP contribution >= 0.6 is 0 Å². The van der Waals surface area contributed by atoms with Crippen LogP contribution in [0, 0.1) is 0 Å². The Labute approximate surface area is 87.1 Å². The molecule has 0 saturated heterocycles. The van der Waals surface area contributed by atoms with Gasteiger partial charge in [-0.05, 0) is 17.7 Å². The number of esters is 1. The Hall–Kier alpha value is -1.97. The van der Waals surface area contributed by atoms with Crippen LogP contribution in [0.1, 0.15) is 11.1 Å². The van der Waals surface area contributed by atoms with Crippen LogP contribution in [0.5, 0.6) is 0 Å². The third-order valence-electron chi connectivity index (χ3n) is 1.91. The van der Waals surface area contributed by atoms with Gasteiger partial charge in [0, 0.05) is 6.54 Å². The second kappa shape index (κ2) is 5.05. The van der Waals surface area contributed by atoms with Gasteiger partial charge in [-0.25, -0.2) is 4.79 Å². The van der Waals surface area contributed by atoms with Gasteiger partial charge in [0.1, 0.15) is 0 Å². The fourth-order valence-electron chi connectivity index (χ4n) is 1.16. The molecule has 0 heterocycles. The number of nitrogens with two attached hydrogens (primary N) is 1. The van der Waals surface area contributed by atoms with Crippen LogP contribution in [0.15, 0.2) is 24.3 Å². The normalized spacial score (nSPS) is 9.20. The summed E-state index contributed by atoms with van der Waals surface area (Å²) in [5.74, 6) is -0.688. The topological polar surface area (TPSA) is 88.7 Å². The highest BCUT2D eigenvalue weighted by atomic mass is 16.5. The van der Waals surface area contributed by atoms with Crippen molar-refractivity contribution in [1.82, 2.24) is 0 Å². The first-order valence-corrected chi connectivity index (χ1v) is 4.32. The molecule has 1 aromatic carbocycles. The van der Waals surface area contributed by atoms with E-state index in [0.29, 0.717) is 12.1 Å². The van der Waals surface area contributed by atoms with E-state index in [1.165, 1.54) is 7.11 Å². The fraction of sp³-hybridized carbons (Fsp3) is 0.200. The Morgan fingerprint density at radius 2 is 2.33 bits per heavy atom. The first-order chi connectivity index (χ1) is 7.22. The standard InChI is InChI=1S/C10H11N3O2/c1-15-10(14)9(13-12)8-4-2-3-7(5-8)6-11/h2-5H,6,11H2,1H3. The third kappa shape index (κ3) is 2.49. The van der Waals surface area contributed by atoms with E-state index in [0.717, 1.165) is 5.56 Å². The molecule has 0 aliphatic heterocycles. The molecular formula is C10H11N3O2. The second-order valence-corrected chi connectivity index (χ2v) is 2.84. The highest BCUT2D eigenvalue weighted by Gasteiger charge is 2.23. The molecule has 78 valence electrons. The zero-order valence-corrected chi connectivity index (χ0v) is 8.30. The fourth-order valence-corrected chi connectivity index (χ4v) is 1.16. The summed E-state index contributed by atoms with van der Waals surface area (Å²) >= 11 is 0. The van der Waals surface area contributed by atoms with E-state index in [9.17, 15) is 4.79 Å². The number of rotatable bonds is 3. The number of benzene rings is 1. The van der Waals surface area contributed by atoms with Crippen molar-refractivity contribution >= 4 is 11.7 Å². The molecule has 2 N–H and O–H groups in total. The minimum absolute atomic E-state index is 0.132. The predicted octanol–water partition coefficient (Wildman–Crippen LogP) is 0.337. The van der Waals surface area contributed by atoms with Crippen LogP contribution in [-0.4, -0.2) is 23.6 Å². The lowest BCUT2D eigenvalue weighted by molar-refractivity contribution is -0.137. The Kier molecular flexibility index (Phi) is 3.74. The van der Waals surface area contributed by atoms with Gasteiger partial charge < -0.3 is 16.0 Å². The quantitative estimate of drug-likeness (QED) is 0.334. The van der Waals surface area contributed by atoms with Gasteiger partial charge in [0.15, 0.2) is 0 Å². The van der Waals surface area contributed by atoms with Gasteiger partial charge in [-0.1, -0.05) is 12.1 Å². The number of ether oxygens (including phenoxy) is 1. The van der Waals surface area contributed by atoms with Crippen molar-refractivity contribution in [3.8, 4) is 0 Å². The predicted molar refractivity (Wildman–Crippen MR) is 54.1 cm³/mol. The van der Waals surface area contributed by atoms with Gasteiger partial charge in [0.25, 0.3) is 0 Å². The van der Waals surface area contributed by atoms with Gasteiger partial charge >= 0.3 is 11.7 Å². The minimum atomic E-state index is -0.688. The van der Waals surface area contributed by atoms with Crippen molar-refractivity contribution in [2.24, 2.45) is 5.73 Å². The maximum absolute atomic E-state index is 11.2. The number of hydrogen-bond acceptors (Lipinski definition) is 3. The van der Waals surface area contributed by atoms with E-state index in [-0.39, 0.29) is 5.71 Å². The number of carbonyl (C=O) groups excluding carboxylic acids is 1. The minimum Gasteiger partial charge on any atom is -0.460 e. The molecule has 0 aliphatic rings. The average molecular weight is 205 g/mol. The van der Waals surface area contributed by atoms with E-state index in [1.54, 1.807) is 18.2 Å². The summed E-state index contributed by atoms with van der Waals surface area (Å²) in [6.07, 6.45) is 0. The number of carbonyl (C=O) groups is 1. The van der Waals surface area contributed by atoms with Crippen molar-refractivity contribution < 1.29 is 14.3 Å². The van der Waals surface area contributed by atoms with Crippen LogP contribution in [0.3, 0.4) is 0 Å². The Balaban J connectivity index is 3.14. The molecule has 0 aromatic heterocycles. The number of hydrogen-bond donors (Lipinski definition) is 1. The van der Waals surface area contributed by atoms with Crippen LogP contribution in [0.2, 0.25) is 0 Å². The Morgan fingerprint density at radius 1 is 1.60 bits per heavy atom. The molecule has 0 radical (unpaired) electrons. The van der Waals surface area contributed by atoms with Crippen molar-refractivity contribution in [2.45, 2.75) is 6.54 Å². The van der Waals surface area contributed by atoms with Gasteiger partial charge in [0.05, 0.1) is 12.7 Å². The van der Waals surface area contributed by atoms with Crippen LogP contribution in [0.4, 0.5) is 0 Å². The summed E-state index contributed by atoms with van der Waals surface area (Å²) in [7, 11) is 1.22. The van der Waals surface area contributed by atoms with E-state index in [2.05, 4.69) is 9.53 Å². The lowest BCUT2D eigenvalue weighted by atomic mass is 10.1. The lowest BCUT2D eigenvalue weighted by Crippen LogP contribution is -2.18. The molecular weight excluding hydrogens is 194 g/mol. The largest absolute Gasteiger partial charge is 0.460 e. The molecule has 5 heteroatoms. The molecule has 0 amide bonds. The molecule has 0 aliphatic carbocycles. The van der Waals surface area contributed by atoms with Crippen LogP contribution in [-0.2, 0) is 16.1 Å². The molecule has 0 spiro atoms. The van der Waals surface area contributed by atoms with Gasteiger partial charge in [0.2, 0.25) is 0 Å². The number of methoxy groups -OCH3 is 1. The molecule has 0 bridgehead atoms. The molecule has 0 saturated carbocycles. The van der Waals surface area contributed by atoms with Crippen molar-refractivity contribution in [3.63, 3.8) is 0 Å². The van der Waals surface area contributed by atoms with E-state index in [4.69, 9.17) is 11.3 Å². The molecule has 0 unspecified atom stereocenters. The molecule has 1 rings (SSSR count). The Bertz CT molecular complexity index is 422. The van der Waals surface area contributed by atoms with Gasteiger partial charge in [-0.15, -0.1) is 0 Å². The third-order valence-corrected chi connectivity index (χ3v) is 1.91. The van der Waals surface area contributed by atoms with Crippen LogP contribution < -0.4 is 5.73 Å². The highest BCUT2D eigenvalue weighted by Crippen LogP contribution is 2.05. The van der Waals surface area contributed by atoms with E-state index < -0.39 is 5.97 Å². The lowest BCUT2D eigenvalue weighted by Gasteiger charge is -1.98. The van der Waals surface area contributed by atoms with Crippen molar-refractivity contribution in [3.05, 3.63) is 40.9 Å². The zero-order chi connectivity index (χ0) is 11.3. The molecule has 0 fully saturated rings. The SMILES string of the molecule is COC(=O)C(=[N+]=[N-])c1cccc(CN)c1. The summed E-state index contributed by atoms with van der Waals surface area (Å²) in [4.78, 5) is 14.1. The number of nitrogens with zero attached hydrogens (tertiary/aromatic N) is 2. The molecule has 5 nitrogen and oxygen atoms in total. The van der Waals surface area contributed by atoms with Crippen molar-refractivity contribution in [2.75, 3.05) is 7.11 Å². The molecule has 15 heavy (non-hydrogen) atoms. The maximum atomic E-state index is 11.2. The second-order valence-electron chi connectivity index (χ2n) is 2.84. The average Bonchev–Trinajstić information content (AvgIpc) is 2.30. The Morgan fingerprint density at radius 3 is 2.87 bits per heavy atom. The summed E-state index contributed by atoms with van der Waals surface area (Å²) < 4.78 is 4.47. The first-order valence-electron chi connectivity index (χ1n) is 4.32. The van der Waals surface area contributed by atoms with Crippen LogP contribution in [0.25, 0.3) is 5.53 Å². The smallest absolute Gasteiger partial charge is 0.422 e. The van der Waals surface area contributed by atoms with E-state index >= 15 is 0 Å². The zero-order valence-electron chi connectivity index (χ0n) is 8.30. The van der Waals surface area contributed by atoms with Crippen molar-refractivity contribution in [1.29, 1.82) is 0 Å². The summed E-state index contributed by atoms with van der Waals surface area (Å²) in [5, 5.41) is 0. The molecule has 0 atom stereocenters. The monoisotopic (exact) mass is 205 g/mol. The van der Waals surface area contributed by atoms with Gasteiger partial charge in [-0.2, -0.15) is 4.79 Å². The van der Waals surface area contributed by atoms with E-state index in [1.807, 2.05) is 6.07 Å². The summed E-state index contributed by atoms with van der Waals surface area (Å²) in [6, 6.07) is 6.86.